The van der Waals surface area contributed by atoms with Gasteiger partial charge in [-0.15, -0.1) is 0 Å². The van der Waals surface area contributed by atoms with Crippen molar-refractivity contribution in [3.8, 4) is 34.2 Å². The van der Waals surface area contributed by atoms with E-state index < -0.39 is 22.8 Å². The molecule has 222 valence electrons. The number of nitriles is 1. The van der Waals surface area contributed by atoms with Crippen LogP contribution in [0.25, 0.3) is 33.3 Å². The Bertz CT molecular complexity index is 1690. The van der Waals surface area contributed by atoms with Gasteiger partial charge in [0.25, 0.3) is 5.69 Å². The quantitative estimate of drug-likeness (QED) is 0.0732. The molecule has 0 radical (unpaired) electrons. The van der Waals surface area contributed by atoms with Crippen molar-refractivity contribution in [1.82, 2.24) is 4.98 Å². The average molecular weight is 588 g/mol. The molecule has 3 aromatic carbocycles. The van der Waals surface area contributed by atoms with Crippen molar-refractivity contribution in [3.63, 3.8) is 0 Å². The number of hydrogen-bond acceptors (Lipinski definition) is 10. The van der Waals surface area contributed by atoms with Crippen LogP contribution in [-0.4, -0.2) is 63.2 Å². The maximum Gasteiger partial charge on any atom is 0.313 e. The first-order valence-corrected chi connectivity index (χ1v) is 13.1. The SMILES string of the molecule is COCCOCOc1c(-c2cccc([N+](=O)[O-])c2)cc(C(CC(=O)OC)C(=O)OC)cc1-c1cc2cc(C#N)ccc2[nH]1. The molecule has 0 amide bonds. The Balaban J connectivity index is 2.00. The van der Waals surface area contributed by atoms with Crippen molar-refractivity contribution in [3.05, 3.63) is 81.9 Å². The number of non-ortho nitro benzene ring substituents is 1. The van der Waals surface area contributed by atoms with Gasteiger partial charge in [0.05, 0.1) is 62.0 Å². The molecule has 0 saturated heterocycles. The summed E-state index contributed by atoms with van der Waals surface area (Å²) in [4.78, 5) is 39.7. The fraction of sp³-hybridized carbons (Fsp3) is 0.258. The number of rotatable bonds is 13. The smallest absolute Gasteiger partial charge is 0.313 e. The van der Waals surface area contributed by atoms with Crippen molar-refractivity contribution >= 4 is 28.5 Å². The van der Waals surface area contributed by atoms with Crippen LogP contribution in [0.5, 0.6) is 5.75 Å². The third kappa shape index (κ3) is 7.16. The summed E-state index contributed by atoms with van der Waals surface area (Å²) in [6.45, 7) is 0.409. The minimum Gasteiger partial charge on any atom is -0.469 e. The van der Waals surface area contributed by atoms with Crippen LogP contribution in [0.3, 0.4) is 0 Å². The third-order valence-electron chi connectivity index (χ3n) is 6.72. The Morgan fingerprint density at radius 3 is 2.49 bits per heavy atom. The molecule has 0 spiro atoms. The molecular formula is C31H29N3O9. The standard InChI is InChI=1S/C31H29N3O9/c1-39-9-10-42-18-43-30-24(20-5-4-6-23(12-20)34(37)38)13-21(25(31(36)41-3)16-29(35)40-2)14-26(30)28-15-22-11-19(17-32)7-8-27(22)33-28/h4-8,11-15,25,33H,9-10,16,18H2,1-3H3. The Morgan fingerprint density at radius 1 is 1.00 bits per heavy atom. The maximum atomic E-state index is 13.0. The number of nitro benzene ring substituents is 1. The largest absolute Gasteiger partial charge is 0.469 e. The molecule has 1 atom stereocenters. The van der Waals surface area contributed by atoms with Crippen LogP contribution in [0.4, 0.5) is 5.69 Å². The van der Waals surface area contributed by atoms with Crippen molar-refractivity contribution in [2.45, 2.75) is 12.3 Å². The van der Waals surface area contributed by atoms with Gasteiger partial charge in [-0.1, -0.05) is 12.1 Å². The Hall–Kier alpha value is -5.25. The molecule has 1 N–H and O–H groups in total. The summed E-state index contributed by atoms with van der Waals surface area (Å²) in [6.07, 6.45) is -0.310. The summed E-state index contributed by atoms with van der Waals surface area (Å²) in [6, 6.07) is 18.4. The first kappa shape index (κ1) is 30.7. The van der Waals surface area contributed by atoms with Gasteiger partial charge in [-0.3, -0.25) is 19.7 Å². The zero-order chi connectivity index (χ0) is 30.9. The number of nitro groups is 1. The van der Waals surface area contributed by atoms with Crippen LogP contribution < -0.4 is 4.74 Å². The molecule has 12 nitrogen and oxygen atoms in total. The highest BCUT2D eigenvalue weighted by Gasteiger charge is 2.29. The zero-order valence-electron chi connectivity index (χ0n) is 23.7. The molecule has 4 aromatic rings. The van der Waals surface area contributed by atoms with E-state index in [1.165, 1.54) is 32.4 Å². The van der Waals surface area contributed by atoms with Crippen LogP contribution in [0.1, 0.15) is 23.5 Å². The van der Waals surface area contributed by atoms with E-state index in [9.17, 15) is 25.0 Å². The normalized spacial score (nSPS) is 11.5. The van der Waals surface area contributed by atoms with Crippen LogP contribution in [0, 0.1) is 21.4 Å². The molecule has 0 aliphatic carbocycles. The van der Waals surface area contributed by atoms with Crippen molar-refractivity contribution in [2.24, 2.45) is 0 Å². The van der Waals surface area contributed by atoms with Crippen LogP contribution in [0.15, 0.2) is 60.7 Å². The third-order valence-corrected chi connectivity index (χ3v) is 6.72. The van der Waals surface area contributed by atoms with Gasteiger partial charge < -0.3 is 28.7 Å². The molecule has 1 heterocycles. The highest BCUT2D eigenvalue weighted by atomic mass is 16.7. The number of carbonyl (C=O) groups is 2. The second-order valence-corrected chi connectivity index (χ2v) is 9.37. The van der Waals surface area contributed by atoms with Crippen molar-refractivity contribution in [1.29, 1.82) is 5.26 Å². The predicted molar refractivity (Wildman–Crippen MR) is 155 cm³/mol. The van der Waals surface area contributed by atoms with E-state index in [0.717, 1.165) is 10.9 Å². The molecule has 0 aliphatic rings. The van der Waals surface area contributed by atoms with Gasteiger partial charge in [-0.05, 0) is 47.5 Å². The fourth-order valence-electron chi connectivity index (χ4n) is 4.59. The Morgan fingerprint density at radius 2 is 1.79 bits per heavy atom. The van der Waals surface area contributed by atoms with Crippen LogP contribution in [-0.2, 0) is 28.5 Å². The number of nitrogens with one attached hydrogen (secondary N) is 1. The van der Waals surface area contributed by atoms with Crippen molar-refractivity contribution in [2.75, 3.05) is 41.3 Å². The molecule has 1 unspecified atom stereocenters. The first-order chi connectivity index (χ1) is 20.8. The molecule has 0 aliphatic heterocycles. The van der Waals surface area contributed by atoms with Gasteiger partial charge in [0.15, 0.2) is 6.79 Å². The topological polar surface area (TPSA) is 163 Å². The lowest BCUT2D eigenvalue weighted by molar-refractivity contribution is -0.384. The number of nitrogens with zero attached hydrogens (tertiary/aromatic N) is 2. The molecular weight excluding hydrogens is 558 g/mol. The minimum atomic E-state index is -1.06. The number of esters is 2. The molecule has 4 rings (SSSR count). The number of fused-ring (bicyclic) bond motifs is 1. The maximum absolute atomic E-state index is 13.0. The lowest BCUT2D eigenvalue weighted by Crippen LogP contribution is -2.19. The van der Waals surface area contributed by atoms with Crippen LogP contribution in [0.2, 0.25) is 0 Å². The molecule has 0 bridgehead atoms. The number of ether oxygens (including phenoxy) is 5. The zero-order valence-corrected chi connectivity index (χ0v) is 23.7. The fourth-order valence-corrected chi connectivity index (χ4v) is 4.59. The molecule has 0 saturated carbocycles. The number of methoxy groups -OCH3 is 3. The number of aromatic amines is 1. The summed E-state index contributed by atoms with van der Waals surface area (Å²) in [7, 11) is 3.98. The van der Waals surface area contributed by atoms with E-state index in [1.807, 2.05) is 6.07 Å². The number of H-pyrrole nitrogens is 1. The number of hydrogen-bond donors (Lipinski definition) is 1. The summed E-state index contributed by atoms with van der Waals surface area (Å²) >= 11 is 0. The minimum absolute atomic E-state index is 0.152. The number of benzene rings is 3. The van der Waals surface area contributed by atoms with E-state index in [0.29, 0.717) is 45.9 Å². The van der Waals surface area contributed by atoms with Gasteiger partial charge in [0.2, 0.25) is 0 Å². The van der Waals surface area contributed by atoms with E-state index in [4.69, 9.17) is 23.7 Å². The van der Waals surface area contributed by atoms with Gasteiger partial charge >= 0.3 is 11.9 Å². The second-order valence-electron chi connectivity index (χ2n) is 9.37. The van der Waals surface area contributed by atoms with E-state index >= 15 is 0 Å². The first-order valence-electron chi connectivity index (χ1n) is 13.1. The van der Waals surface area contributed by atoms with E-state index in [-0.39, 0.29) is 25.5 Å². The Kier molecular flexibility index (Phi) is 10.1. The molecule has 1 aromatic heterocycles. The van der Waals surface area contributed by atoms with Gasteiger partial charge in [0, 0.05) is 41.3 Å². The highest BCUT2D eigenvalue weighted by molar-refractivity contribution is 5.92. The summed E-state index contributed by atoms with van der Waals surface area (Å²) in [5.41, 5.74) is 3.30. The second kappa shape index (κ2) is 14.1. The lowest BCUT2D eigenvalue weighted by atomic mass is 9.89. The van der Waals surface area contributed by atoms with Gasteiger partial charge in [-0.2, -0.15) is 5.26 Å². The van der Waals surface area contributed by atoms with Gasteiger partial charge in [0.1, 0.15) is 5.75 Å². The highest BCUT2D eigenvalue weighted by Crippen LogP contribution is 2.43. The van der Waals surface area contributed by atoms with Gasteiger partial charge in [-0.25, -0.2) is 0 Å². The molecule has 12 heteroatoms. The summed E-state index contributed by atoms with van der Waals surface area (Å²) in [5.74, 6) is -2.06. The van der Waals surface area contributed by atoms with E-state index in [2.05, 4.69) is 11.1 Å². The van der Waals surface area contributed by atoms with Crippen molar-refractivity contribution < 1.29 is 38.2 Å². The average Bonchev–Trinajstić information content (AvgIpc) is 3.46. The Labute approximate surface area is 246 Å². The predicted octanol–water partition coefficient (Wildman–Crippen LogP) is 5.10. The molecule has 0 fully saturated rings. The summed E-state index contributed by atoms with van der Waals surface area (Å²) < 4.78 is 26.6. The lowest BCUT2D eigenvalue weighted by Gasteiger charge is -2.21. The summed E-state index contributed by atoms with van der Waals surface area (Å²) in [5, 5.41) is 21.8. The van der Waals surface area contributed by atoms with Crippen LogP contribution >= 0.6 is 0 Å². The number of aromatic nitrogens is 1. The monoisotopic (exact) mass is 587 g/mol. The van der Waals surface area contributed by atoms with E-state index in [1.54, 1.807) is 43.5 Å². The molecule has 43 heavy (non-hydrogen) atoms. The number of carbonyl (C=O) groups excluding carboxylic acids is 2.